The summed E-state index contributed by atoms with van der Waals surface area (Å²) < 4.78 is 0. The van der Waals surface area contributed by atoms with Crippen molar-refractivity contribution < 1.29 is 9.59 Å². The molecule has 1 aliphatic carbocycles. The van der Waals surface area contributed by atoms with Gasteiger partial charge in [-0.15, -0.1) is 0 Å². The summed E-state index contributed by atoms with van der Waals surface area (Å²) in [5, 5.41) is 3.35. The van der Waals surface area contributed by atoms with E-state index in [2.05, 4.69) is 35.6 Å². The molecule has 1 aliphatic heterocycles. The van der Waals surface area contributed by atoms with Crippen LogP contribution in [-0.2, 0) is 9.59 Å². The lowest BCUT2D eigenvalue weighted by molar-refractivity contribution is -0.131. The molecule has 0 bridgehead atoms. The summed E-state index contributed by atoms with van der Waals surface area (Å²) >= 11 is 0. The number of fused-ring (bicyclic) bond motifs is 1. The molecule has 2 amide bonds. The Hall–Kier alpha value is -2.62. The fraction of sp³-hybridized carbons (Fsp3) is 0.462. The second-order valence-electron chi connectivity index (χ2n) is 8.74. The lowest BCUT2D eigenvalue weighted by atomic mass is 9.65. The Labute approximate surface area is 179 Å². The average Bonchev–Trinajstić information content (AvgIpc) is 2.80. The summed E-state index contributed by atoms with van der Waals surface area (Å²) in [6, 6.07) is 20.7. The number of anilines is 1. The highest BCUT2D eigenvalue weighted by Gasteiger charge is 2.44. The molecular weight excluding hydrogens is 372 g/mol. The van der Waals surface area contributed by atoms with E-state index in [9.17, 15) is 9.59 Å². The van der Waals surface area contributed by atoms with Crippen LogP contribution in [0.3, 0.4) is 0 Å². The third-order valence-corrected chi connectivity index (χ3v) is 6.94. The molecule has 4 rings (SSSR count). The van der Waals surface area contributed by atoms with Gasteiger partial charge in [0.15, 0.2) is 0 Å². The first kappa shape index (κ1) is 20.6. The maximum Gasteiger partial charge on any atom is 0.223 e. The van der Waals surface area contributed by atoms with Crippen LogP contribution in [0.1, 0.15) is 56.4 Å². The van der Waals surface area contributed by atoms with Crippen molar-refractivity contribution >= 4 is 18.0 Å². The van der Waals surface area contributed by atoms with Crippen molar-refractivity contribution in [3.8, 4) is 0 Å². The van der Waals surface area contributed by atoms with Crippen LogP contribution in [-0.4, -0.2) is 24.9 Å². The molecule has 30 heavy (non-hydrogen) atoms. The second kappa shape index (κ2) is 9.92. The van der Waals surface area contributed by atoms with Gasteiger partial charge in [-0.05, 0) is 49.3 Å². The minimum absolute atomic E-state index is 0.0214. The van der Waals surface area contributed by atoms with E-state index >= 15 is 0 Å². The van der Waals surface area contributed by atoms with Crippen molar-refractivity contribution in [1.82, 2.24) is 5.32 Å². The SMILES string of the molecule is O=CN(CCCC[C@H]1C(=O)N[C@@H]2CCCC[C@@H]2[C@@H]1c1ccccc1)c1ccccc1. The molecule has 2 aromatic rings. The van der Waals surface area contributed by atoms with E-state index in [1.54, 1.807) is 4.90 Å². The van der Waals surface area contributed by atoms with E-state index < -0.39 is 0 Å². The summed E-state index contributed by atoms with van der Waals surface area (Å²) in [5.41, 5.74) is 2.24. The number of nitrogens with one attached hydrogen (secondary N) is 1. The smallest absolute Gasteiger partial charge is 0.223 e. The van der Waals surface area contributed by atoms with Gasteiger partial charge in [0.05, 0.1) is 0 Å². The Kier molecular flexibility index (Phi) is 6.83. The topological polar surface area (TPSA) is 49.4 Å². The van der Waals surface area contributed by atoms with Gasteiger partial charge in [0.2, 0.25) is 12.3 Å². The Morgan fingerprint density at radius 2 is 1.63 bits per heavy atom. The predicted molar refractivity (Wildman–Crippen MR) is 120 cm³/mol. The van der Waals surface area contributed by atoms with E-state index in [1.165, 1.54) is 24.8 Å². The highest BCUT2D eigenvalue weighted by atomic mass is 16.2. The summed E-state index contributed by atoms with van der Waals surface area (Å²) in [6.45, 7) is 0.684. The van der Waals surface area contributed by atoms with Gasteiger partial charge in [-0.2, -0.15) is 0 Å². The number of carbonyl (C=O) groups excluding carboxylic acids is 2. The largest absolute Gasteiger partial charge is 0.353 e. The Bertz CT molecular complexity index is 823. The van der Waals surface area contributed by atoms with Crippen LogP contribution in [0, 0.1) is 11.8 Å². The van der Waals surface area contributed by atoms with Gasteiger partial charge in [-0.25, -0.2) is 0 Å². The average molecular weight is 405 g/mol. The summed E-state index contributed by atoms with van der Waals surface area (Å²) in [5.74, 6) is 1.09. The van der Waals surface area contributed by atoms with Crippen molar-refractivity contribution in [2.75, 3.05) is 11.4 Å². The molecule has 1 N–H and O–H groups in total. The molecule has 0 radical (unpaired) electrons. The number of carbonyl (C=O) groups is 2. The fourth-order valence-corrected chi connectivity index (χ4v) is 5.49. The van der Waals surface area contributed by atoms with Crippen LogP contribution in [0.15, 0.2) is 60.7 Å². The van der Waals surface area contributed by atoms with Crippen LogP contribution in [0.5, 0.6) is 0 Å². The number of benzene rings is 2. The summed E-state index contributed by atoms with van der Waals surface area (Å²) in [7, 11) is 0. The second-order valence-corrected chi connectivity index (χ2v) is 8.74. The van der Waals surface area contributed by atoms with Crippen LogP contribution in [0.4, 0.5) is 5.69 Å². The maximum absolute atomic E-state index is 13.1. The van der Waals surface area contributed by atoms with Gasteiger partial charge >= 0.3 is 0 Å². The van der Waals surface area contributed by atoms with Gasteiger partial charge in [0.25, 0.3) is 0 Å². The molecule has 4 nitrogen and oxygen atoms in total. The number of para-hydroxylation sites is 1. The number of hydrogen-bond donors (Lipinski definition) is 1. The third-order valence-electron chi connectivity index (χ3n) is 6.94. The molecule has 4 heteroatoms. The minimum atomic E-state index is 0.0214. The first-order valence-corrected chi connectivity index (χ1v) is 11.4. The first-order chi connectivity index (χ1) is 14.8. The predicted octanol–water partition coefficient (Wildman–Crippen LogP) is 4.91. The van der Waals surface area contributed by atoms with E-state index in [1.807, 2.05) is 30.3 Å². The summed E-state index contributed by atoms with van der Waals surface area (Å²) in [6.07, 6.45) is 8.40. The zero-order valence-corrected chi connectivity index (χ0v) is 17.6. The molecule has 0 unspecified atom stereocenters. The molecule has 1 heterocycles. The lowest BCUT2D eigenvalue weighted by Crippen LogP contribution is -2.54. The number of rotatable bonds is 8. The normalized spacial score (nSPS) is 25.8. The Morgan fingerprint density at radius 3 is 2.37 bits per heavy atom. The molecule has 4 atom stereocenters. The number of piperidine rings is 1. The molecule has 158 valence electrons. The van der Waals surface area contributed by atoms with E-state index in [0.717, 1.165) is 37.8 Å². The standard InChI is InChI=1S/C26H32N2O2/c29-19-28(21-13-5-2-6-14-21)18-10-9-16-23-25(20-11-3-1-4-12-20)22-15-7-8-17-24(22)27-26(23)30/h1-6,11-14,19,22-25H,7-10,15-18H2,(H,27,30)/t22-,23+,24+,25-/m0/s1. The minimum Gasteiger partial charge on any atom is -0.353 e. The molecular formula is C26H32N2O2. The highest BCUT2D eigenvalue weighted by Crippen LogP contribution is 2.45. The van der Waals surface area contributed by atoms with Crippen LogP contribution >= 0.6 is 0 Å². The quantitative estimate of drug-likeness (QED) is 0.502. The molecule has 2 fully saturated rings. The van der Waals surface area contributed by atoms with Crippen LogP contribution in [0.25, 0.3) is 0 Å². The van der Waals surface area contributed by atoms with Gasteiger partial charge < -0.3 is 10.2 Å². The van der Waals surface area contributed by atoms with Gasteiger partial charge in [-0.1, -0.05) is 67.8 Å². The van der Waals surface area contributed by atoms with Crippen molar-refractivity contribution in [1.29, 1.82) is 0 Å². The molecule has 1 saturated heterocycles. The van der Waals surface area contributed by atoms with Crippen LogP contribution < -0.4 is 10.2 Å². The molecule has 1 saturated carbocycles. The van der Waals surface area contributed by atoms with E-state index in [4.69, 9.17) is 0 Å². The van der Waals surface area contributed by atoms with Crippen molar-refractivity contribution in [2.24, 2.45) is 11.8 Å². The molecule has 0 aromatic heterocycles. The maximum atomic E-state index is 13.1. The number of nitrogens with zero attached hydrogens (tertiary/aromatic N) is 1. The number of amides is 2. The van der Waals surface area contributed by atoms with E-state index in [0.29, 0.717) is 24.4 Å². The molecule has 0 spiro atoms. The molecule has 2 aliphatic rings. The van der Waals surface area contributed by atoms with Crippen LogP contribution in [0.2, 0.25) is 0 Å². The third kappa shape index (κ3) is 4.58. The lowest BCUT2D eigenvalue weighted by Gasteiger charge is -2.46. The fourth-order valence-electron chi connectivity index (χ4n) is 5.49. The van der Waals surface area contributed by atoms with E-state index in [-0.39, 0.29) is 11.8 Å². The zero-order valence-electron chi connectivity index (χ0n) is 17.6. The number of hydrogen-bond acceptors (Lipinski definition) is 2. The number of unbranched alkanes of at least 4 members (excludes halogenated alkanes) is 1. The zero-order chi connectivity index (χ0) is 20.8. The Morgan fingerprint density at radius 1 is 0.933 bits per heavy atom. The monoisotopic (exact) mass is 404 g/mol. The first-order valence-electron chi connectivity index (χ1n) is 11.4. The Balaban J connectivity index is 1.42. The molecule has 2 aromatic carbocycles. The van der Waals surface area contributed by atoms with Crippen molar-refractivity contribution in [3.63, 3.8) is 0 Å². The van der Waals surface area contributed by atoms with Gasteiger partial charge in [0.1, 0.15) is 0 Å². The summed E-state index contributed by atoms with van der Waals surface area (Å²) in [4.78, 5) is 26.3. The highest BCUT2D eigenvalue weighted by molar-refractivity contribution is 5.81. The van der Waals surface area contributed by atoms with Gasteiger partial charge in [-0.3, -0.25) is 9.59 Å². The van der Waals surface area contributed by atoms with Crippen molar-refractivity contribution in [2.45, 2.75) is 56.9 Å². The van der Waals surface area contributed by atoms with Gasteiger partial charge in [0, 0.05) is 30.1 Å². The van der Waals surface area contributed by atoms with Crippen molar-refractivity contribution in [3.05, 3.63) is 66.2 Å².